The quantitative estimate of drug-likeness (QED) is 0.764. The SMILES string of the molecule is Cc1ccc(C(=O)NCCCc2ccc(C(C)C)cc2)cc1C. The van der Waals surface area contributed by atoms with Crippen LogP contribution in [0, 0.1) is 13.8 Å². The van der Waals surface area contributed by atoms with Crippen molar-refractivity contribution in [3.05, 3.63) is 70.3 Å². The van der Waals surface area contributed by atoms with Gasteiger partial charge in [0.15, 0.2) is 0 Å². The van der Waals surface area contributed by atoms with Crippen molar-refractivity contribution in [2.24, 2.45) is 0 Å². The molecule has 0 unspecified atom stereocenters. The van der Waals surface area contributed by atoms with Gasteiger partial charge < -0.3 is 5.32 Å². The summed E-state index contributed by atoms with van der Waals surface area (Å²) in [5.74, 6) is 0.588. The lowest BCUT2D eigenvalue weighted by molar-refractivity contribution is 0.0953. The molecule has 0 spiro atoms. The second-order valence-electron chi connectivity index (χ2n) is 6.55. The Hall–Kier alpha value is -2.09. The summed E-state index contributed by atoms with van der Waals surface area (Å²) in [4.78, 5) is 12.1. The van der Waals surface area contributed by atoms with Crippen molar-refractivity contribution in [2.75, 3.05) is 6.54 Å². The van der Waals surface area contributed by atoms with Crippen molar-refractivity contribution in [3.8, 4) is 0 Å². The third-order valence-corrected chi connectivity index (χ3v) is 4.34. The number of benzene rings is 2. The summed E-state index contributed by atoms with van der Waals surface area (Å²) in [6.45, 7) is 9.21. The van der Waals surface area contributed by atoms with Crippen molar-refractivity contribution in [1.82, 2.24) is 5.32 Å². The van der Waals surface area contributed by atoms with Gasteiger partial charge in [-0.2, -0.15) is 0 Å². The van der Waals surface area contributed by atoms with Crippen LogP contribution in [-0.2, 0) is 6.42 Å². The summed E-state index contributed by atoms with van der Waals surface area (Å²) in [5, 5.41) is 3.01. The number of amides is 1. The van der Waals surface area contributed by atoms with Crippen molar-refractivity contribution >= 4 is 5.91 Å². The Kier molecular flexibility index (Phi) is 5.97. The molecule has 0 radical (unpaired) electrons. The van der Waals surface area contributed by atoms with E-state index in [2.05, 4.69) is 50.4 Å². The number of nitrogens with one attached hydrogen (secondary N) is 1. The molecule has 0 saturated heterocycles. The Morgan fingerprint density at radius 1 is 1.00 bits per heavy atom. The molecule has 0 saturated carbocycles. The van der Waals surface area contributed by atoms with Gasteiger partial charge in [-0.15, -0.1) is 0 Å². The number of hydrogen-bond donors (Lipinski definition) is 1. The van der Waals surface area contributed by atoms with Gasteiger partial charge in [-0.05, 0) is 67.0 Å². The van der Waals surface area contributed by atoms with E-state index in [0.717, 1.165) is 24.0 Å². The fraction of sp³-hybridized carbons (Fsp3) is 0.381. The molecule has 2 rings (SSSR count). The molecule has 2 aromatic carbocycles. The first kappa shape index (κ1) is 17.3. The maximum atomic E-state index is 12.1. The minimum Gasteiger partial charge on any atom is -0.352 e. The van der Waals surface area contributed by atoms with E-state index in [1.54, 1.807) is 0 Å². The van der Waals surface area contributed by atoms with E-state index in [1.165, 1.54) is 16.7 Å². The van der Waals surface area contributed by atoms with E-state index in [0.29, 0.717) is 12.5 Å². The Morgan fingerprint density at radius 2 is 1.70 bits per heavy atom. The molecule has 1 amide bonds. The zero-order chi connectivity index (χ0) is 16.8. The lowest BCUT2D eigenvalue weighted by atomic mass is 10.0. The topological polar surface area (TPSA) is 29.1 Å². The van der Waals surface area contributed by atoms with Gasteiger partial charge in [-0.25, -0.2) is 0 Å². The molecule has 0 bridgehead atoms. The maximum Gasteiger partial charge on any atom is 0.251 e. The highest BCUT2D eigenvalue weighted by Crippen LogP contribution is 2.15. The molecule has 0 aliphatic rings. The van der Waals surface area contributed by atoms with Crippen LogP contribution in [0.3, 0.4) is 0 Å². The summed E-state index contributed by atoms with van der Waals surface area (Å²) in [5.41, 5.74) is 5.82. The lowest BCUT2D eigenvalue weighted by Crippen LogP contribution is -2.24. The molecule has 0 aromatic heterocycles. The Labute approximate surface area is 139 Å². The van der Waals surface area contributed by atoms with Crippen molar-refractivity contribution in [2.45, 2.75) is 46.5 Å². The molecule has 0 aliphatic carbocycles. The Morgan fingerprint density at radius 3 is 2.30 bits per heavy atom. The molecule has 23 heavy (non-hydrogen) atoms. The van der Waals surface area contributed by atoms with Crippen LogP contribution in [0.2, 0.25) is 0 Å². The van der Waals surface area contributed by atoms with Crippen LogP contribution in [0.1, 0.15) is 58.8 Å². The van der Waals surface area contributed by atoms with E-state index in [4.69, 9.17) is 0 Å². The Balaban J connectivity index is 1.78. The van der Waals surface area contributed by atoms with Gasteiger partial charge in [0.2, 0.25) is 0 Å². The summed E-state index contributed by atoms with van der Waals surface area (Å²) in [6.07, 6.45) is 1.95. The third-order valence-electron chi connectivity index (χ3n) is 4.34. The average molecular weight is 309 g/mol. The van der Waals surface area contributed by atoms with Gasteiger partial charge in [0.1, 0.15) is 0 Å². The van der Waals surface area contributed by atoms with Gasteiger partial charge in [0, 0.05) is 12.1 Å². The standard InChI is InChI=1S/C21H27NO/c1-15(2)19-11-8-18(9-12-19)6-5-13-22-21(23)20-10-7-16(3)17(4)14-20/h7-12,14-15H,5-6,13H2,1-4H3,(H,22,23). The molecular weight excluding hydrogens is 282 g/mol. The second-order valence-corrected chi connectivity index (χ2v) is 6.55. The summed E-state index contributed by atoms with van der Waals surface area (Å²) >= 11 is 0. The van der Waals surface area contributed by atoms with Crippen LogP contribution in [0.25, 0.3) is 0 Å². The van der Waals surface area contributed by atoms with E-state index < -0.39 is 0 Å². The molecule has 1 N–H and O–H groups in total. The minimum absolute atomic E-state index is 0.0169. The zero-order valence-electron chi connectivity index (χ0n) is 14.6. The molecule has 122 valence electrons. The Bertz CT molecular complexity index is 656. The van der Waals surface area contributed by atoms with Crippen LogP contribution >= 0.6 is 0 Å². The summed E-state index contributed by atoms with van der Waals surface area (Å²) in [7, 11) is 0. The number of rotatable bonds is 6. The van der Waals surface area contributed by atoms with Gasteiger partial charge in [0.05, 0.1) is 0 Å². The molecule has 0 heterocycles. The lowest BCUT2D eigenvalue weighted by Gasteiger charge is -2.08. The first-order valence-electron chi connectivity index (χ1n) is 8.41. The van der Waals surface area contributed by atoms with Gasteiger partial charge in [0.25, 0.3) is 5.91 Å². The molecule has 0 fully saturated rings. The highest BCUT2D eigenvalue weighted by molar-refractivity contribution is 5.94. The largest absolute Gasteiger partial charge is 0.352 e. The first-order chi connectivity index (χ1) is 11.0. The van der Waals surface area contributed by atoms with Crippen molar-refractivity contribution in [1.29, 1.82) is 0 Å². The molecule has 0 atom stereocenters. The van der Waals surface area contributed by atoms with Gasteiger partial charge in [-0.3, -0.25) is 4.79 Å². The highest BCUT2D eigenvalue weighted by Gasteiger charge is 2.06. The van der Waals surface area contributed by atoms with Crippen LogP contribution in [0.15, 0.2) is 42.5 Å². The van der Waals surface area contributed by atoms with Crippen LogP contribution < -0.4 is 5.32 Å². The fourth-order valence-corrected chi connectivity index (χ4v) is 2.55. The molecule has 0 aliphatic heterocycles. The smallest absolute Gasteiger partial charge is 0.251 e. The molecule has 2 aromatic rings. The fourth-order valence-electron chi connectivity index (χ4n) is 2.55. The van der Waals surface area contributed by atoms with E-state index in [9.17, 15) is 4.79 Å². The second kappa shape index (κ2) is 7.96. The van der Waals surface area contributed by atoms with Crippen molar-refractivity contribution in [3.63, 3.8) is 0 Å². The first-order valence-corrected chi connectivity index (χ1v) is 8.41. The van der Waals surface area contributed by atoms with Gasteiger partial charge >= 0.3 is 0 Å². The highest BCUT2D eigenvalue weighted by atomic mass is 16.1. The summed E-state index contributed by atoms with van der Waals surface area (Å²) < 4.78 is 0. The van der Waals surface area contributed by atoms with Crippen LogP contribution in [0.5, 0.6) is 0 Å². The van der Waals surface area contributed by atoms with E-state index in [-0.39, 0.29) is 5.91 Å². The number of hydrogen-bond acceptors (Lipinski definition) is 1. The van der Waals surface area contributed by atoms with E-state index >= 15 is 0 Å². The summed E-state index contributed by atoms with van der Waals surface area (Å²) in [6, 6.07) is 14.6. The van der Waals surface area contributed by atoms with Crippen LogP contribution in [-0.4, -0.2) is 12.5 Å². The van der Waals surface area contributed by atoms with E-state index in [1.807, 2.05) is 25.1 Å². The third kappa shape index (κ3) is 4.95. The minimum atomic E-state index is 0.0169. The normalized spacial score (nSPS) is 10.8. The predicted octanol–water partition coefficient (Wildman–Crippen LogP) is 4.79. The zero-order valence-corrected chi connectivity index (χ0v) is 14.6. The monoisotopic (exact) mass is 309 g/mol. The average Bonchev–Trinajstić information content (AvgIpc) is 2.54. The number of carbonyl (C=O) groups excluding carboxylic acids is 1. The van der Waals surface area contributed by atoms with Crippen molar-refractivity contribution < 1.29 is 4.79 Å². The molecular formula is C21H27NO. The maximum absolute atomic E-state index is 12.1. The predicted molar refractivity (Wildman–Crippen MR) is 97.1 cm³/mol. The number of carbonyl (C=O) groups is 1. The molecule has 2 heteroatoms. The number of aryl methyl sites for hydroxylation is 3. The van der Waals surface area contributed by atoms with Crippen LogP contribution in [0.4, 0.5) is 0 Å². The van der Waals surface area contributed by atoms with Gasteiger partial charge in [-0.1, -0.05) is 44.2 Å². The molecule has 2 nitrogen and oxygen atoms in total.